The molecule has 0 N–H and O–H groups in total. The Bertz CT molecular complexity index is 468. The van der Waals surface area contributed by atoms with E-state index >= 15 is 0 Å². The summed E-state index contributed by atoms with van der Waals surface area (Å²) in [6, 6.07) is 8.70. The number of amides is 1. The Morgan fingerprint density at radius 2 is 1.80 bits per heavy atom. The smallest absolute Gasteiger partial charge is 0.329 e. The summed E-state index contributed by atoms with van der Waals surface area (Å²) in [5.41, 5.74) is 0.329. The zero-order valence-electron chi connectivity index (χ0n) is 12.2. The first kappa shape index (κ1) is 16.5. The number of halogens is 1. The molecule has 1 rings (SSSR count). The van der Waals surface area contributed by atoms with Crippen LogP contribution in [-0.4, -0.2) is 34.9 Å². The normalized spacial score (nSPS) is 12.7. The highest BCUT2D eigenvalue weighted by atomic mass is 35.5. The fourth-order valence-electron chi connectivity index (χ4n) is 1.71. The maximum atomic E-state index is 12.2. The van der Waals surface area contributed by atoms with Crippen LogP contribution in [0.5, 0.6) is 0 Å². The number of benzene rings is 1. The Balaban J connectivity index is 2.91. The van der Waals surface area contributed by atoms with Gasteiger partial charge in [0.2, 0.25) is 0 Å². The Hall–Kier alpha value is -1.55. The fraction of sp³-hybridized carbons (Fsp3) is 0.467. The van der Waals surface area contributed by atoms with Crippen LogP contribution in [0.4, 0.5) is 4.79 Å². The van der Waals surface area contributed by atoms with Crippen molar-refractivity contribution in [1.29, 1.82) is 0 Å². The average molecular weight is 298 g/mol. The highest BCUT2D eigenvalue weighted by molar-refractivity contribution is 6.62. The number of nitrogens with zero attached hydrogens (tertiary/aromatic N) is 1. The molecule has 0 aliphatic heterocycles. The topological polar surface area (TPSA) is 46.6 Å². The van der Waals surface area contributed by atoms with Crippen LogP contribution in [0.3, 0.4) is 0 Å². The molecule has 1 atom stereocenters. The molecule has 1 aromatic rings. The second kappa shape index (κ2) is 6.75. The number of rotatable bonds is 4. The summed E-state index contributed by atoms with van der Waals surface area (Å²) in [5.74, 6) is -0.460. The molecule has 0 fully saturated rings. The van der Waals surface area contributed by atoms with Crippen molar-refractivity contribution in [2.75, 3.05) is 7.05 Å². The van der Waals surface area contributed by atoms with Crippen LogP contribution < -0.4 is 0 Å². The van der Waals surface area contributed by atoms with E-state index in [0.717, 1.165) is 5.56 Å². The molecule has 20 heavy (non-hydrogen) atoms. The lowest BCUT2D eigenvalue weighted by atomic mass is 10.0. The maximum absolute atomic E-state index is 12.2. The Kier molecular flexibility index (Phi) is 5.57. The molecule has 0 heterocycles. The van der Waals surface area contributed by atoms with Crippen LogP contribution in [0.15, 0.2) is 30.3 Å². The molecule has 0 saturated carbocycles. The summed E-state index contributed by atoms with van der Waals surface area (Å²) in [7, 11) is 1.49. The van der Waals surface area contributed by atoms with Gasteiger partial charge in [-0.1, -0.05) is 30.3 Å². The maximum Gasteiger partial charge on any atom is 0.329 e. The lowest BCUT2D eigenvalue weighted by molar-refractivity contribution is -0.159. The summed E-state index contributed by atoms with van der Waals surface area (Å²) in [4.78, 5) is 24.8. The van der Waals surface area contributed by atoms with E-state index in [1.807, 2.05) is 30.3 Å². The first-order valence-corrected chi connectivity index (χ1v) is 6.77. The highest BCUT2D eigenvalue weighted by Gasteiger charge is 2.30. The number of carbonyl (C=O) groups is 2. The molecule has 0 aliphatic rings. The van der Waals surface area contributed by atoms with E-state index in [9.17, 15) is 9.59 Å². The van der Waals surface area contributed by atoms with Crippen molar-refractivity contribution in [3.05, 3.63) is 35.9 Å². The summed E-state index contributed by atoms with van der Waals surface area (Å²) >= 11 is 5.48. The minimum Gasteiger partial charge on any atom is -0.458 e. The molecule has 0 spiro atoms. The second-order valence-electron chi connectivity index (χ2n) is 5.60. The van der Waals surface area contributed by atoms with Gasteiger partial charge in [-0.05, 0) is 37.9 Å². The van der Waals surface area contributed by atoms with Crippen molar-refractivity contribution in [1.82, 2.24) is 4.90 Å². The standard InChI is InChI=1S/C15H20ClNO3/c1-15(2,3)20-13(18)12(17(4)14(16)19)10-11-8-6-5-7-9-11/h5-9,12H,10H2,1-4H3. The van der Waals surface area contributed by atoms with Gasteiger partial charge in [0.15, 0.2) is 0 Å². The SMILES string of the molecule is CN(C(=O)Cl)C(Cc1ccccc1)C(=O)OC(C)(C)C. The predicted molar refractivity (Wildman–Crippen MR) is 78.8 cm³/mol. The van der Waals surface area contributed by atoms with Crippen molar-refractivity contribution < 1.29 is 14.3 Å². The van der Waals surface area contributed by atoms with Crippen LogP contribution in [0.1, 0.15) is 26.3 Å². The second-order valence-corrected chi connectivity index (χ2v) is 5.93. The zero-order chi connectivity index (χ0) is 15.3. The third-order valence-electron chi connectivity index (χ3n) is 2.70. The largest absolute Gasteiger partial charge is 0.458 e. The third kappa shape index (κ3) is 5.21. The van der Waals surface area contributed by atoms with E-state index in [0.29, 0.717) is 6.42 Å². The van der Waals surface area contributed by atoms with E-state index in [1.54, 1.807) is 20.8 Å². The van der Waals surface area contributed by atoms with Crippen LogP contribution in [-0.2, 0) is 16.0 Å². The van der Waals surface area contributed by atoms with Crippen molar-refractivity contribution >= 4 is 22.9 Å². The van der Waals surface area contributed by atoms with Gasteiger partial charge < -0.3 is 9.64 Å². The number of esters is 1. The Morgan fingerprint density at radius 1 is 1.25 bits per heavy atom. The molecular weight excluding hydrogens is 278 g/mol. The van der Waals surface area contributed by atoms with Gasteiger partial charge in [0.05, 0.1) is 0 Å². The Labute approximate surface area is 124 Å². The van der Waals surface area contributed by atoms with Gasteiger partial charge in [-0.25, -0.2) is 4.79 Å². The van der Waals surface area contributed by atoms with E-state index in [2.05, 4.69) is 0 Å². The van der Waals surface area contributed by atoms with Crippen LogP contribution in [0, 0.1) is 0 Å². The van der Waals surface area contributed by atoms with Crippen LogP contribution in [0.25, 0.3) is 0 Å². The zero-order valence-corrected chi connectivity index (χ0v) is 13.0. The van der Waals surface area contributed by atoms with E-state index < -0.39 is 23.0 Å². The molecule has 1 unspecified atom stereocenters. The lowest BCUT2D eigenvalue weighted by Gasteiger charge is -2.28. The summed E-state index contributed by atoms with van der Waals surface area (Å²) in [5, 5.41) is -0.684. The molecule has 0 saturated heterocycles. The summed E-state index contributed by atoms with van der Waals surface area (Å²) < 4.78 is 5.35. The van der Waals surface area contributed by atoms with Crippen LogP contribution >= 0.6 is 11.6 Å². The lowest BCUT2D eigenvalue weighted by Crippen LogP contribution is -2.44. The van der Waals surface area contributed by atoms with E-state index in [1.165, 1.54) is 11.9 Å². The highest BCUT2D eigenvalue weighted by Crippen LogP contribution is 2.15. The average Bonchev–Trinajstić information content (AvgIpc) is 2.34. The van der Waals surface area contributed by atoms with Gasteiger partial charge in [-0.15, -0.1) is 0 Å². The quantitative estimate of drug-likeness (QED) is 0.487. The summed E-state index contributed by atoms with van der Waals surface area (Å²) in [6.07, 6.45) is 0.366. The van der Waals surface area contributed by atoms with Crippen molar-refractivity contribution in [2.45, 2.75) is 38.8 Å². The first-order chi connectivity index (χ1) is 9.20. The van der Waals surface area contributed by atoms with Gasteiger partial charge in [0, 0.05) is 13.5 Å². The Morgan fingerprint density at radius 3 is 2.25 bits per heavy atom. The van der Waals surface area contributed by atoms with Gasteiger partial charge in [0.1, 0.15) is 11.6 Å². The molecule has 5 heteroatoms. The monoisotopic (exact) mass is 297 g/mol. The number of hydrogen-bond acceptors (Lipinski definition) is 3. The van der Waals surface area contributed by atoms with Gasteiger partial charge in [-0.3, -0.25) is 4.79 Å². The molecular formula is C15H20ClNO3. The molecule has 0 aliphatic carbocycles. The molecule has 4 nitrogen and oxygen atoms in total. The molecule has 0 radical (unpaired) electrons. The summed E-state index contributed by atoms with van der Waals surface area (Å²) in [6.45, 7) is 5.35. The predicted octanol–water partition coefficient (Wildman–Crippen LogP) is 3.23. The third-order valence-corrected chi connectivity index (χ3v) is 2.96. The van der Waals surface area contributed by atoms with Crippen LogP contribution in [0.2, 0.25) is 0 Å². The van der Waals surface area contributed by atoms with Gasteiger partial charge in [0.25, 0.3) is 0 Å². The molecule has 110 valence electrons. The van der Waals surface area contributed by atoms with Crippen molar-refractivity contribution in [3.8, 4) is 0 Å². The van der Waals surface area contributed by atoms with E-state index in [4.69, 9.17) is 16.3 Å². The number of likely N-dealkylation sites (N-methyl/N-ethyl adjacent to an activating group) is 1. The van der Waals surface area contributed by atoms with Gasteiger partial charge in [-0.2, -0.15) is 0 Å². The molecule has 1 amide bonds. The molecule has 0 bridgehead atoms. The minimum atomic E-state index is -0.735. The van der Waals surface area contributed by atoms with E-state index in [-0.39, 0.29) is 0 Å². The first-order valence-electron chi connectivity index (χ1n) is 6.40. The molecule has 1 aromatic carbocycles. The van der Waals surface area contributed by atoms with Gasteiger partial charge >= 0.3 is 11.3 Å². The number of hydrogen-bond donors (Lipinski definition) is 0. The van der Waals surface area contributed by atoms with Crippen molar-refractivity contribution in [3.63, 3.8) is 0 Å². The minimum absolute atomic E-state index is 0.366. The fourth-order valence-corrected chi connectivity index (χ4v) is 1.83. The van der Waals surface area contributed by atoms with Crippen molar-refractivity contribution in [2.24, 2.45) is 0 Å². The molecule has 0 aromatic heterocycles. The number of ether oxygens (including phenoxy) is 1. The number of carbonyl (C=O) groups excluding carboxylic acids is 2.